The van der Waals surface area contributed by atoms with Crippen molar-refractivity contribution in [3.63, 3.8) is 0 Å². The normalized spacial score (nSPS) is 11.0. The van der Waals surface area contributed by atoms with Crippen LogP contribution in [0.3, 0.4) is 0 Å². The fourth-order valence-electron chi connectivity index (χ4n) is 2.78. The molecular weight excluding hydrogens is 454 g/mol. The largest absolute Gasteiger partial charge is 0.487 e. The van der Waals surface area contributed by atoms with Crippen molar-refractivity contribution in [2.75, 3.05) is 0 Å². The molecule has 0 unspecified atom stereocenters. The van der Waals surface area contributed by atoms with Gasteiger partial charge < -0.3 is 4.74 Å². The van der Waals surface area contributed by atoms with Crippen molar-refractivity contribution in [3.05, 3.63) is 105 Å². The second kappa shape index (κ2) is 8.41. The SMILES string of the molecule is [CH2][CH]c1cc(F)c(-n2c(C)cc(OCc3ccc(F)cc3F)c(Br)c2=O)c(F)c1. The van der Waals surface area contributed by atoms with E-state index in [1.54, 1.807) is 0 Å². The van der Waals surface area contributed by atoms with Gasteiger partial charge in [0.2, 0.25) is 0 Å². The van der Waals surface area contributed by atoms with Gasteiger partial charge in [-0.1, -0.05) is 0 Å². The maximum Gasteiger partial charge on any atom is 0.273 e. The third-order valence-electron chi connectivity index (χ3n) is 4.20. The van der Waals surface area contributed by atoms with Crippen LogP contribution in [0.1, 0.15) is 16.8 Å². The van der Waals surface area contributed by atoms with Gasteiger partial charge in [0.1, 0.15) is 34.2 Å². The standard InChI is InChI=1S/C21H14BrF4NO2/c1-3-12-7-16(25)20(17(26)8-12)27-11(2)6-18(19(22)21(27)28)29-10-13-4-5-14(23)9-15(13)24/h3-9H,1,10H2,2H3. The van der Waals surface area contributed by atoms with Gasteiger partial charge in [0.05, 0.1) is 0 Å². The molecule has 3 rings (SSSR count). The van der Waals surface area contributed by atoms with Crippen molar-refractivity contribution in [2.24, 2.45) is 0 Å². The van der Waals surface area contributed by atoms with Crippen LogP contribution in [0.4, 0.5) is 17.6 Å². The van der Waals surface area contributed by atoms with Crippen molar-refractivity contribution >= 4 is 15.9 Å². The van der Waals surface area contributed by atoms with Crippen LogP contribution in [-0.4, -0.2) is 4.57 Å². The molecular formula is C21H14BrF4NO2. The molecule has 0 spiro atoms. The van der Waals surface area contributed by atoms with Gasteiger partial charge in [-0.15, -0.1) is 0 Å². The highest BCUT2D eigenvalue weighted by Gasteiger charge is 2.20. The Morgan fingerprint density at radius 3 is 2.31 bits per heavy atom. The van der Waals surface area contributed by atoms with Gasteiger partial charge >= 0.3 is 0 Å². The molecule has 0 aliphatic rings. The van der Waals surface area contributed by atoms with E-state index >= 15 is 0 Å². The number of hydrogen-bond acceptors (Lipinski definition) is 2. The maximum absolute atomic E-state index is 14.5. The lowest BCUT2D eigenvalue weighted by molar-refractivity contribution is 0.296. The maximum atomic E-state index is 14.5. The summed E-state index contributed by atoms with van der Waals surface area (Å²) in [6.45, 7) is 4.66. The Labute approximate surface area is 172 Å². The second-order valence-electron chi connectivity index (χ2n) is 6.17. The number of benzene rings is 2. The molecule has 150 valence electrons. The molecule has 0 N–H and O–H groups in total. The second-order valence-corrected chi connectivity index (χ2v) is 6.96. The van der Waals surface area contributed by atoms with E-state index in [0.29, 0.717) is 0 Å². The van der Waals surface area contributed by atoms with Crippen LogP contribution in [0.25, 0.3) is 5.69 Å². The number of hydrogen-bond donors (Lipinski definition) is 0. The minimum atomic E-state index is -0.931. The lowest BCUT2D eigenvalue weighted by atomic mass is 10.1. The molecule has 29 heavy (non-hydrogen) atoms. The van der Waals surface area contributed by atoms with Crippen LogP contribution >= 0.6 is 15.9 Å². The minimum Gasteiger partial charge on any atom is -0.487 e. The van der Waals surface area contributed by atoms with Gasteiger partial charge in [0.25, 0.3) is 5.56 Å². The molecule has 1 aromatic heterocycles. The van der Waals surface area contributed by atoms with Crippen molar-refractivity contribution in [3.8, 4) is 11.4 Å². The summed E-state index contributed by atoms with van der Waals surface area (Å²) < 4.78 is 61.9. The molecule has 0 bridgehead atoms. The van der Waals surface area contributed by atoms with Crippen LogP contribution in [0.15, 0.2) is 45.7 Å². The number of aromatic nitrogens is 1. The Balaban J connectivity index is 2.00. The molecule has 1 heterocycles. The van der Waals surface area contributed by atoms with Crippen molar-refractivity contribution < 1.29 is 22.3 Å². The van der Waals surface area contributed by atoms with E-state index in [-0.39, 0.29) is 33.6 Å². The number of nitrogens with zero attached hydrogens (tertiary/aromatic N) is 1. The minimum absolute atomic E-state index is 0.0519. The van der Waals surface area contributed by atoms with E-state index in [1.165, 1.54) is 25.5 Å². The zero-order valence-corrected chi connectivity index (χ0v) is 16.7. The van der Waals surface area contributed by atoms with Crippen LogP contribution in [0, 0.1) is 43.5 Å². The quantitative estimate of drug-likeness (QED) is 0.468. The summed E-state index contributed by atoms with van der Waals surface area (Å²) in [5, 5.41) is 0. The fourth-order valence-corrected chi connectivity index (χ4v) is 3.18. The van der Waals surface area contributed by atoms with E-state index < -0.39 is 34.5 Å². The molecule has 0 saturated carbocycles. The summed E-state index contributed by atoms with van der Waals surface area (Å²) in [4.78, 5) is 12.8. The van der Waals surface area contributed by atoms with Crippen molar-refractivity contribution in [1.82, 2.24) is 4.57 Å². The fraction of sp³-hybridized carbons (Fsp3) is 0.0952. The van der Waals surface area contributed by atoms with E-state index in [4.69, 9.17) is 4.74 Å². The van der Waals surface area contributed by atoms with Crippen LogP contribution in [0.5, 0.6) is 5.75 Å². The van der Waals surface area contributed by atoms with E-state index in [9.17, 15) is 22.4 Å². The monoisotopic (exact) mass is 467 g/mol. The zero-order chi connectivity index (χ0) is 21.3. The molecule has 3 aromatic rings. The Morgan fingerprint density at radius 1 is 1.07 bits per heavy atom. The molecule has 3 nitrogen and oxygen atoms in total. The first-order valence-electron chi connectivity index (χ1n) is 8.33. The molecule has 0 amide bonds. The molecule has 8 heteroatoms. The number of pyridine rings is 1. The van der Waals surface area contributed by atoms with Gasteiger partial charge in [-0.3, -0.25) is 9.36 Å². The Bertz CT molecular complexity index is 1120. The first-order valence-corrected chi connectivity index (χ1v) is 9.13. The average Bonchev–Trinajstić information content (AvgIpc) is 2.66. The summed E-state index contributed by atoms with van der Waals surface area (Å²) >= 11 is 3.07. The molecule has 0 fully saturated rings. The predicted molar refractivity (Wildman–Crippen MR) is 104 cm³/mol. The molecule has 0 atom stereocenters. The summed E-state index contributed by atoms with van der Waals surface area (Å²) in [5.74, 6) is -3.33. The van der Waals surface area contributed by atoms with Crippen LogP contribution in [0.2, 0.25) is 0 Å². The molecule has 0 aliphatic heterocycles. The van der Waals surface area contributed by atoms with Gasteiger partial charge in [-0.05, 0) is 66.0 Å². The van der Waals surface area contributed by atoms with Gasteiger partial charge in [-0.2, -0.15) is 0 Å². The molecule has 0 aliphatic carbocycles. The summed E-state index contributed by atoms with van der Waals surface area (Å²) in [5.41, 5.74) is -0.789. The first-order chi connectivity index (χ1) is 13.7. The lowest BCUT2D eigenvalue weighted by Crippen LogP contribution is -2.24. The summed E-state index contributed by atoms with van der Waals surface area (Å²) in [6.07, 6.45) is 1.28. The lowest BCUT2D eigenvalue weighted by Gasteiger charge is -2.16. The smallest absolute Gasteiger partial charge is 0.273 e. The molecule has 2 aromatic carbocycles. The van der Waals surface area contributed by atoms with Crippen molar-refractivity contribution in [2.45, 2.75) is 13.5 Å². The van der Waals surface area contributed by atoms with Gasteiger partial charge in [0.15, 0.2) is 11.6 Å². The Hall–Kier alpha value is -2.61. The Morgan fingerprint density at radius 2 is 1.72 bits per heavy atom. The van der Waals surface area contributed by atoms with Crippen LogP contribution < -0.4 is 10.3 Å². The highest BCUT2D eigenvalue weighted by molar-refractivity contribution is 9.10. The molecule has 2 radical (unpaired) electrons. The molecule has 0 saturated heterocycles. The topological polar surface area (TPSA) is 31.2 Å². The highest BCUT2D eigenvalue weighted by atomic mass is 79.9. The number of halogens is 5. The van der Waals surface area contributed by atoms with E-state index in [0.717, 1.165) is 28.8 Å². The third-order valence-corrected chi connectivity index (χ3v) is 4.93. The Kier molecular flexibility index (Phi) is 6.12. The number of aryl methyl sites for hydroxylation is 1. The van der Waals surface area contributed by atoms with Gasteiger partial charge in [-0.25, -0.2) is 17.6 Å². The van der Waals surface area contributed by atoms with E-state index in [2.05, 4.69) is 22.9 Å². The van der Waals surface area contributed by atoms with Crippen LogP contribution in [-0.2, 0) is 6.61 Å². The third kappa shape index (κ3) is 4.22. The van der Waals surface area contributed by atoms with Gasteiger partial charge in [0, 0.05) is 23.4 Å². The van der Waals surface area contributed by atoms with E-state index in [1.807, 2.05) is 0 Å². The first kappa shape index (κ1) is 21.1. The summed E-state index contributed by atoms with van der Waals surface area (Å²) in [6, 6.07) is 6.53. The number of ether oxygens (including phenoxy) is 1. The number of rotatable bonds is 5. The summed E-state index contributed by atoms with van der Waals surface area (Å²) in [7, 11) is 0. The van der Waals surface area contributed by atoms with Crippen molar-refractivity contribution in [1.29, 1.82) is 0 Å². The zero-order valence-electron chi connectivity index (χ0n) is 15.1. The predicted octanol–water partition coefficient (Wildman–Crippen LogP) is 5.43. The average molecular weight is 468 g/mol. The highest BCUT2D eigenvalue weighted by Crippen LogP contribution is 2.27.